The van der Waals surface area contributed by atoms with E-state index in [1.807, 2.05) is 6.20 Å². The summed E-state index contributed by atoms with van der Waals surface area (Å²) in [5.74, 6) is 1.23. The minimum atomic E-state index is 0.344. The molecule has 1 fully saturated rings. The molecule has 2 rings (SSSR count). The second kappa shape index (κ2) is 6.30. The number of hydrogen-bond donors (Lipinski definition) is 1. The second-order valence-corrected chi connectivity index (χ2v) is 5.34. The van der Waals surface area contributed by atoms with Gasteiger partial charge in [0.15, 0.2) is 0 Å². The number of piperazine rings is 1. The number of rotatable bonds is 4. The molecular weight excluding hydrogens is 238 g/mol. The van der Waals surface area contributed by atoms with Crippen molar-refractivity contribution in [2.45, 2.75) is 33.2 Å². The summed E-state index contributed by atoms with van der Waals surface area (Å²) in [7, 11) is 0. The SMILES string of the molecule is CCN1CCN(c2cnc(C(C)C)nc2CN)CC1. The molecule has 1 saturated heterocycles. The summed E-state index contributed by atoms with van der Waals surface area (Å²) in [6, 6.07) is 0. The lowest BCUT2D eigenvalue weighted by Crippen LogP contribution is -2.46. The molecule has 5 heteroatoms. The van der Waals surface area contributed by atoms with Crippen molar-refractivity contribution in [3.8, 4) is 0 Å². The molecular formula is C14H25N5. The first kappa shape index (κ1) is 14.2. The maximum absolute atomic E-state index is 5.85. The van der Waals surface area contributed by atoms with Crippen molar-refractivity contribution in [1.82, 2.24) is 14.9 Å². The maximum atomic E-state index is 5.85. The van der Waals surface area contributed by atoms with Crippen LogP contribution in [0.2, 0.25) is 0 Å². The first-order chi connectivity index (χ1) is 9.15. The van der Waals surface area contributed by atoms with Crippen LogP contribution >= 0.6 is 0 Å². The zero-order valence-corrected chi connectivity index (χ0v) is 12.3. The Hall–Kier alpha value is -1.20. The van der Waals surface area contributed by atoms with Gasteiger partial charge in [0.1, 0.15) is 5.82 Å². The fourth-order valence-electron chi connectivity index (χ4n) is 2.42. The van der Waals surface area contributed by atoms with E-state index in [4.69, 9.17) is 5.73 Å². The first-order valence-corrected chi connectivity index (χ1v) is 7.18. The average Bonchev–Trinajstić information content (AvgIpc) is 2.46. The van der Waals surface area contributed by atoms with Crippen molar-refractivity contribution in [1.29, 1.82) is 0 Å². The Balaban J connectivity index is 2.16. The molecule has 2 heterocycles. The quantitative estimate of drug-likeness (QED) is 0.884. The van der Waals surface area contributed by atoms with Gasteiger partial charge in [-0.25, -0.2) is 9.97 Å². The number of aromatic nitrogens is 2. The van der Waals surface area contributed by atoms with Gasteiger partial charge in [-0.3, -0.25) is 0 Å². The minimum Gasteiger partial charge on any atom is -0.366 e. The number of likely N-dealkylation sites (N-methyl/N-ethyl adjacent to an activating group) is 1. The molecule has 0 amide bonds. The van der Waals surface area contributed by atoms with Crippen molar-refractivity contribution in [2.24, 2.45) is 5.73 Å². The largest absolute Gasteiger partial charge is 0.366 e. The Morgan fingerprint density at radius 1 is 1.26 bits per heavy atom. The van der Waals surface area contributed by atoms with Gasteiger partial charge in [0, 0.05) is 38.6 Å². The Morgan fingerprint density at radius 3 is 2.47 bits per heavy atom. The third kappa shape index (κ3) is 3.22. The van der Waals surface area contributed by atoms with Crippen LogP contribution in [-0.2, 0) is 6.54 Å². The lowest BCUT2D eigenvalue weighted by Gasteiger charge is -2.36. The minimum absolute atomic E-state index is 0.344. The summed E-state index contributed by atoms with van der Waals surface area (Å²) in [6.07, 6.45) is 1.95. The lowest BCUT2D eigenvalue weighted by atomic mass is 10.2. The fourth-order valence-corrected chi connectivity index (χ4v) is 2.42. The number of anilines is 1. The summed E-state index contributed by atoms with van der Waals surface area (Å²) in [5.41, 5.74) is 7.94. The Kier molecular flexibility index (Phi) is 4.71. The molecule has 0 radical (unpaired) electrons. The monoisotopic (exact) mass is 263 g/mol. The van der Waals surface area contributed by atoms with Gasteiger partial charge in [-0.15, -0.1) is 0 Å². The molecule has 5 nitrogen and oxygen atoms in total. The highest BCUT2D eigenvalue weighted by molar-refractivity contribution is 5.49. The smallest absolute Gasteiger partial charge is 0.131 e. The van der Waals surface area contributed by atoms with Crippen LogP contribution in [0.4, 0.5) is 5.69 Å². The number of nitrogens with zero attached hydrogens (tertiary/aromatic N) is 4. The second-order valence-electron chi connectivity index (χ2n) is 5.34. The topological polar surface area (TPSA) is 58.3 Å². The number of nitrogens with two attached hydrogens (primary N) is 1. The summed E-state index contributed by atoms with van der Waals surface area (Å²) >= 11 is 0. The zero-order valence-electron chi connectivity index (χ0n) is 12.3. The van der Waals surface area contributed by atoms with Crippen molar-refractivity contribution in [3.63, 3.8) is 0 Å². The summed E-state index contributed by atoms with van der Waals surface area (Å²) in [4.78, 5) is 13.9. The van der Waals surface area contributed by atoms with Gasteiger partial charge in [-0.05, 0) is 6.54 Å². The van der Waals surface area contributed by atoms with Crippen molar-refractivity contribution in [3.05, 3.63) is 17.7 Å². The molecule has 19 heavy (non-hydrogen) atoms. The third-order valence-corrected chi connectivity index (χ3v) is 3.73. The predicted molar refractivity (Wildman–Crippen MR) is 78.3 cm³/mol. The van der Waals surface area contributed by atoms with E-state index in [1.54, 1.807) is 0 Å². The zero-order chi connectivity index (χ0) is 13.8. The van der Waals surface area contributed by atoms with Crippen molar-refractivity contribution in [2.75, 3.05) is 37.6 Å². The van der Waals surface area contributed by atoms with E-state index < -0.39 is 0 Å². The fraction of sp³-hybridized carbons (Fsp3) is 0.714. The van der Waals surface area contributed by atoms with Crippen LogP contribution in [0.15, 0.2) is 6.20 Å². The molecule has 1 aromatic rings. The molecule has 0 unspecified atom stereocenters. The molecule has 1 aliphatic heterocycles. The van der Waals surface area contributed by atoms with E-state index in [-0.39, 0.29) is 0 Å². The number of hydrogen-bond acceptors (Lipinski definition) is 5. The molecule has 0 bridgehead atoms. The van der Waals surface area contributed by atoms with Gasteiger partial charge in [-0.2, -0.15) is 0 Å². The average molecular weight is 263 g/mol. The van der Waals surface area contributed by atoms with Crippen molar-refractivity contribution >= 4 is 5.69 Å². The van der Waals surface area contributed by atoms with E-state index in [2.05, 4.69) is 40.5 Å². The molecule has 0 aliphatic carbocycles. The van der Waals surface area contributed by atoms with Crippen LogP contribution in [0, 0.1) is 0 Å². The first-order valence-electron chi connectivity index (χ1n) is 7.18. The summed E-state index contributed by atoms with van der Waals surface area (Å²) in [6.45, 7) is 12.3. The van der Waals surface area contributed by atoms with Crippen LogP contribution in [-0.4, -0.2) is 47.6 Å². The van der Waals surface area contributed by atoms with Crippen LogP contribution in [0.3, 0.4) is 0 Å². The Morgan fingerprint density at radius 2 is 1.95 bits per heavy atom. The van der Waals surface area contributed by atoms with E-state index in [9.17, 15) is 0 Å². The molecule has 0 saturated carbocycles. The summed E-state index contributed by atoms with van der Waals surface area (Å²) < 4.78 is 0. The van der Waals surface area contributed by atoms with Gasteiger partial charge in [-0.1, -0.05) is 20.8 Å². The summed E-state index contributed by atoms with van der Waals surface area (Å²) in [5, 5.41) is 0. The molecule has 106 valence electrons. The van der Waals surface area contributed by atoms with Crippen LogP contribution < -0.4 is 10.6 Å². The molecule has 0 spiro atoms. The standard InChI is InChI=1S/C14H25N5/c1-4-18-5-7-19(8-6-18)13-10-16-14(11(2)3)17-12(13)9-15/h10-11H,4-9,15H2,1-3H3. The molecule has 1 aliphatic rings. The maximum Gasteiger partial charge on any atom is 0.131 e. The predicted octanol–water partition coefficient (Wildman–Crippen LogP) is 1.20. The van der Waals surface area contributed by atoms with Gasteiger partial charge >= 0.3 is 0 Å². The third-order valence-electron chi connectivity index (χ3n) is 3.73. The van der Waals surface area contributed by atoms with Crippen LogP contribution in [0.5, 0.6) is 0 Å². The van der Waals surface area contributed by atoms with Gasteiger partial charge in [0.25, 0.3) is 0 Å². The molecule has 1 aromatic heterocycles. The van der Waals surface area contributed by atoms with Gasteiger partial charge in [0.2, 0.25) is 0 Å². The Labute approximate surface area is 115 Å². The highest BCUT2D eigenvalue weighted by atomic mass is 15.3. The highest BCUT2D eigenvalue weighted by Crippen LogP contribution is 2.21. The normalized spacial score (nSPS) is 17.2. The van der Waals surface area contributed by atoms with Gasteiger partial charge in [0.05, 0.1) is 17.6 Å². The van der Waals surface area contributed by atoms with E-state index >= 15 is 0 Å². The highest BCUT2D eigenvalue weighted by Gasteiger charge is 2.19. The van der Waals surface area contributed by atoms with Crippen LogP contribution in [0.25, 0.3) is 0 Å². The van der Waals surface area contributed by atoms with Crippen LogP contribution in [0.1, 0.15) is 38.2 Å². The molecule has 0 aromatic carbocycles. The Bertz CT molecular complexity index is 410. The molecule has 2 N–H and O–H groups in total. The van der Waals surface area contributed by atoms with Crippen molar-refractivity contribution < 1.29 is 0 Å². The van der Waals surface area contributed by atoms with E-state index in [0.717, 1.165) is 49.9 Å². The van der Waals surface area contributed by atoms with Gasteiger partial charge < -0.3 is 15.5 Å². The van der Waals surface area contributed by atoms with E-state index in [1.165, 1.54) is 0 Å². The van der Waals surface area contributed by atoms with E-state index in [0.29, 0.717) is 12.5 Å². The molecule has 0 atom stereocenters. The lowest BCUT2D eigenvalue weighted by molar-refractivity contribution is 0.271.